The van der Waals surface area contributed by atoms with E-state index in [1.54, 1.807) is 27.9 Å². The molecule has 5 aromatic rings. The number of anilines is 2. The molecule has 3 aromatic heterocycles. The highest BCUT2D eigenvalue weighted by Crippen LogP contribution is 2.38. The van der Waals surface area contributed by atoms with Crippen LogP contribution in [0.15, 0.2) is 66.1 Å². The first-order chi connectivity index (χ1) is 23.0. The molecule has 5 heterocycles. The van der Waals surface area contributed by atoms with Gasteiger partial charge in [-0.15, -0.1) is 5.10 Å². The highest BCUT2D eigenvalue weighted by atomic mass is 19.1. The summed E-state index contributed by atoms with van der Waals surface area (Å²) in [5, 5.41) is 8.91. The van der Waals surface area contributed by atoms with E-state index in [1.807, 2.05) is 55.8 Å². The number of nitrogens with zero attached hydrogens (tertiary/aromatic N) is 9. The van der Waals surface area contributed by atoms with E-state index in [-0.39, 0.29) is 47.1 Å². The van der Waals surface area contributed by atoms with Crippen LogP contribution in [0.3, 0.4) is 0 Å². The van der Waals surface area contributed by atoms with E-state index in [0.29, 0.717) is 54.2 Å². The molecular weight excluding hydrogens is 616 g/mol. The van der Waals surface area contributed by atoms with Crippen LogP contribution < -0.4 is 15.5 Å². The van der Waals surface area contributed by atoms with E-state index in [9.17, 15) is 9.59 Å². The zero-order chi connectivity index (χ0) is 33.9. The third kappa shape index (κ3) is 5.19. The van der Waals surface area contributed by atoms with Gasteiger partial charge in [-0.05, 0) is 48.2 Å². The second-order valence-corrected chi connectivity index (χ2v) is 12.7. The van der Waals surface area contributed by atoms with Gasteiger partial charge < -0.3 is 14.7 Å². The molecule has 13 heteroatoms. The standard InChI is InChI=1S/C35H35F2N9O2/c1-6-29(47)43-13-14-45(21(4)16-43)33-25-15-27(37)31-30-22(9-7-11-26(30)36)17-44-19-23(40-41-44)18-42(5)28-12-8-10-24(20(2)3)32(28)46(34(25)38-31)35(48)39-33/h6-12,15,19-21H,1,13-14,16-18H2,2-5H3/t21-/m0/s1. The van der Waals surface area contributed by atoms with Crippen LogP contribution in [-0.2, 0) is 17.9 Å². The van der Waals surface area contributed by atoms with Crippen LogP contribution in [0.5, 0.6) is 0 Å². The number of piperazine rings is 1. The van der Waals surface area contributed by atoms with Gasteiger partial charge in [-0.1, -0.05) is 49.9 Å². The molecule has 2 aliphatic heterocycles. The molecule has 0 unspecified atom stereocenters. The lowest BCUT2D eigenvalue weighted by Crippen LogP contribution is -2.54. The molecule has 0 aliphatic carbocycles. The number of carbonyl (C=O) groups excluding carboxylic acids is 1. The molecule has 1 amide bonds. The predicted molar refractivity (Wildman–Crippen MR) is 179 cm³/mol. The summed E-state index contributed by atoms with van der Waals surface area (Å²) in [6.45, 7) is 11.1. The smallest absolute Gasteiger partial charge is 0.355 e. The summed E-state index contributed by atoms with van der Waals surface area (Å²) in [4.78, 5) is 41.8. The number of para-hydroxylation sites is 1. The van der Waals surface area contributed by atoms with Gasteiger partial charge in [0.1, 0.15) is 28.8 Å². The Kier molecular flexibility index (Phi) is 7.77. The van der Waals surface area contributed by atoms with Crippen molar-refractivity contribution < 1.29 is 13.6 Å². The van der Waals surface area contributed by atoms with E-state index in [0.717, 1.165) is 5.56 Å². The first-order valence-corrected chi connectivity index (χ1v) is 15.9. The summed E-state index contributed by atoms with van der Waals surface area (Å²) in [5.41, 5.74) is 2.47. The van der Waals surface area contributed by atoms with E-state index < -0.39 is 17.3 Å². The summed E-state index contributed by atoms with van der Waals surface area (Å²) in [5.74, 6) is -1.39. The molecule has 0 saturated carbocycles. The second kappa shape index (κ2) is 12.0. The van der Waals surface area contributed by atoms with Crippen LogP contribution in [0, 0.1) is 11.6 Å². The quantitative estimate of drug-likeness (QED) is 0.260. The topological polar surface area (TPSA) is 105 Å². The highest BCUT2D eigenvalue weighted by Gasteiger charge is 2.31. The molecule has 1 fully saturated rings. The molecule has 7 rings (SSSR count). The first-order valence-electron chi connectivity index (χ1n) is 15.9. The van der Waals surface area contributed by atoms with Gasteiger partial charge >= 0.3 is 5.69 Å². The zero-order valence-electron chi connectivity index (χ0n) is 27.2. The number of hydrogen-bond donors (Lipinski definition) is 0. The Morgan fingerprint density at radius 1 is 1.06 bits per heavy atom. The second-order valence-electron chi connectivity index (χ2n) is 12.7. The monoisotopic (exact) mass is 651 g/mol. The molecule has 11 nitrogen and oxygen atoms in total. The maximum absolute atomic E-state index is 16.5. The summed E-state index contributed by atoms with van der Waals surface area (Å²) in [7, 11) is 1.90. The summed E-state index contributed by atoms with van der Waals surface area (Å²) in [6, 6.07) is 11.3. The molecule has 2 aliphatic rings. The Labute approximate surface area is 275 Å². The fraction of sp³-hybridized carbons (Fsp3) is 0.314. The minimum atomic E-state index is -0.768. The summed E-state index contributed by atoms with van der Waals surface area (Å²) in [6.07, 6.45) is 3.05. The number of amides is 1. The number of aromatic nitrogens is 6. The molecule has 4 bridgehead atoms. The van der Waals surface area contributed by atoms with Gasteiger partial charge in [0.05, 0.1) is 36.0 Å². The van der Waals surface area contributed by atoms with Crippen molar-refractivity contribution in [2.75, 3.05) is 36.5 Å². The van der Waals surface area contributed by atoms with Crippen molar-refractivity contribution in [1.29, 1.82) is 0 Å². The van der Waals surface area contributed by atoms with E-state index in [4.69, 9.17) is 4.98 Å². The van der Waals surface area contributed by atoms with Crippen molar-refractivity contribution in [2.45, 2.75) is 45.8 Å². The number of benzene rings is 2. The number of fused-ring (bicyclic) bond motifs is 7. The van der Waals surface area contributed by atoms with E-state index in [1.165, 1.54) is 22.8 Å². The fourth-order valence-electron chi connectivity index (χ4n) is 6.83. The average molecular weight is 652 g/mol. The summed E-state index contributed by atoms with van der Waals surface area (Å²) >= 11 is 0. The molecule has 1 atom stereocenters. The van der Waals surface area contributed by atoms with Crippen LogP contribution in [0.4, 0.5) is 20.3 Å². The van der Waals surface area contributed by atoms with E-state index >= 15 is 8.78 Å². The van der Waals surface area contributed by atoms with Crippen LogP contribution in [-0.4, -0.2) is 73.1 Å². The maximum atomic E-state index is 16.5. The predicted octanol–water partition coefficient (Wildman–Crippen LogP) is 4.66. The first kappa shape index (κ1) is 31.2. The normalized spacial score (nSPS) is 16.2. The lowest BCUT2D eigenvalue weighted by atomic mass is 9.98. The van der Waals surface area contributed by atoms with Crippen molar-refractivity contribution in [3.05, 3.63) is 100 Å². The average Bonchev–Trinajstić information content (AvgIpc) is 3.50. The fourth-order valence-corrected chi connectivity index (χ4v) is 6.83. The Bertz CT molecular complexity index is 2160. The maximum Gasteiger partial charge on any atom is 0.355 e. The molecular formula is C35H35F2N9O2. The molecule has 0 spiro atoms. The molecule has 0 radical (unpaired) electrons. The third-order valence-corrected chi connectivity index (χ3v) is 9.14. The van der Waals surface area contributed by atoms with E-state index in [2.05, 4.69) is 21.9 Å². The van der Waals surface area contributed by atoms with Crippen molar-refractivity contribution in [2.24, 2.45) is 0 Å². The lowest BCUT2D eigenvalue weighted by molar-refractivity contribution is -0.126. The number of carbonyl (C=O) groups is 1. The lowest BCUT2D eigenvalue weighted by Gasteiger charge is -2.40. The minimum absolute atomic E-state index is 0.0247. The van der Waals surface area contributed by atoms with Gasteiger partial charge in [0, 0.05) is 38.3 Å². The summed E-state index contributed by atoms with van der Waals surface area (Å²) < 4.78 is 35.3. The van der Waals surface area contributed by atoms with Gasteiger partial charge in [-0.3, -0.25) is 4.79 Å². The highest BCUT2D eigenvalue weighted by molar-refractivity contribution is 5.92. The molecule has 1 saturated heterocycles. The molecule has 2 aromatic carbocycles. The third-order valence-electron chi connectivity index (χ3n) is 9.14. The molecule has 246 valence electrons. The van der Waals surface area contributed by atoms with Crippen LogP contribution in [0.1, 0.15) is 43.5 Å². The Morgan fingerprint density at radius 3 is 2.60 bits per heavy atom. The Morgan fingerprint density at radius 2 is 1.85 bits per heavy atom. The van der Waals surface area contributed by atoms with Gasteiger partial charge in [0.2, 0.25) is 5.91 Å². The van der Waals surface area contributed by atoms with Gasteiger partial charge in [0.25, 0.3) is 0 Å². The van der Waals surface area contributed by atoms with Crippen LogP contribution in [0.2, 0.25) is 0 Å². The van der Waals surface area contributed by atoms with Gasteiger partial charge in [-0.2, -0.15) is 4.98 Å². The van der Waals surface area contributed by atoms with Gasteiger partial charge in [-0.25, -0.2) is 27.8 Å². The van der Waals surface area contributed by atoms with Gasteiger partial charge in [0.15, 0.2) is 5.65 Å². The van der Waals surface area contributed by atoms with Crippen molar-refractivity contribution >= 4 is 28.4 Å². The van der Waals surface area contributed by atoms with Crippen molar-refractivity contribution in [1.82, 2.24) is 34.4 Å². The van der Waals surface area contributed by atoms with Crippen molar-refractivity contribution in [3.8, 4) is 16.9 Å². The zero-order valence-corrected chi connectivity index (χ0v) is 27.2. The number of pyridine rings is 1. The molecule has 48 heavy (non-hydrogen) atoms. The van der Waals surface area contributed by atoms with Crippen LogP contribution in [0.25, 0.3) is 28.0 Å². The number of hydrogen-bond acceptors (Lipinski definition) is 8. The minimum Gasteiger partial charge on any atom is -0.367 e. The van der Waals surface area contributed by atoms with Crippen molar-refractivity contribution in [3.63, 3.8) is 0 Å². The number of rotatable bonds is 3. The number of halogens is 2. The Balaban J connectivity index is 1.57. The molecule has 0 N–H and O–H groups in total. The Hall–Kier alpha value is -5.46. The van der Waals surface area contributed by atoms with Crippen LogP contribution >= 0.6 is 0 Å². The SMILES string of the molecule is C=CC(=O)N1CCN(c2nc(=O)n3c4nc(c(F)cc24)-c2c(F)cccc2Cn2cc(nn2)CN(C)c2cccc(C(C)C)c2-3)[C@@H](C)C1. The largest absolute Gasteiger partial charge is 0.367 e.